The van der Waals surface area contributed by atoms with Crippen molar-refractivity contribution in [3.8, 4) is 0 Å². The number of ether oxygens (including phenoxy) is 2. The topological polar surface area (TPSA) is 74.3 Å². The Morgan fingerprint density at radius 3 is 2.28 bits per heavy atom. The van der Waals surface area contributed by atoms with Gasteiger partial charge in [0.25, 0.3) is 0 Å². The number of aromatic nitrogens is 2. The molecule has 0 saturated carbocycles. The van der Waals surface area contributed by atoms with Crippen molar-refractivity contribution < 1.29 is 27.4 Å². The Balaban J connectivity index is 1.24. The highest BCUT2D eigenvalue weighted by molar-refractivity contribution is 5.68. The number of carbonyl (C=O) groups is 1. The number of hydrogen-bond acceptors (Lipinski definition) is 8. The van der Waals surface area contributed by atoms with Gasteiger partial charge < -0.3 is 24.2 Å². The second-order valence-electron chi connectivity index (χ2n) is 12.1. The maximum atomic E-state index is 13.8. The molecule has 1 aromatic rings. The fourth-order valence-electron chi connectivity index (χ4n) is 5.90. The standard InChI is InChI=1S/C27H39F3N6O3/c1-19-20(33-11-13-35(14-12-33)24(37)39-25(2,3)4)17-36(19)22-16-21(31-23(32-22)27(28,29)30)34-9-7-26(8-10-34)6-5-15-38-18-26/h5-6,16,19-20H,7-15,17-18H2,1-4H3/t19-,20-/m1/s1. The maximum Gasteiger partial charge on any atom is 0.451 e. The number of rotatable bonds is 3. The number of nitrogens with zero attached hydrogens (tertiary/aromatic N) is 6. The van der Waals surface area contributed by atoms with Crippen LogP contribution in [-0.4, -0.2) is 103 Å². The van der Waals surface area contributed by atoms with Gasteiger partial charge in [0.05, 0.1) is 13.2 Å². The largest absolute Gasteiger partial charge is 0.451 e. The molecule has 5 rings (SSSR count). The van der Waals surface area contributed by atoms with Crippen LogP contribution in [0.25, 0.3) is 0 Å². The molecule has 216 valence electrons. The number of carbonyl (C=O) groups excluding carboxylic acids is 1. The fourth-order valence-corrected chi connectivity index (χ4v) is 5.90. The second kappa shape index (κ2) is 10.4. The van der Waals surface area contributed by atoms with E-state index in [0.29, 0.717) is 70.7 Å². The van der Waals surface area contributed by atoms with E-state index in [1.807, 2.05) is 43.6 Å². The lowest BCUT2D eigenvalue weighted by molar-refractivity contribution is -0.144. The lowest BCUT2D eigenvalue weighted by atomic mass is 9.78. The minimum absolute atomic E-state index is 0.0175. The smallest absolute Gasteiger partial charge is 0.444 e. The summed E-state index contributed by atoms with van der Waals surface area (Å²) in [4.78, 5) is 28.2. The molecule has 39 heavy (non-hydrogen) atoms. The zero-order valence-electron chi connectivity index (χ0n) is 23.2. The zero-order valence-corrected chi connectivity index (χ0v) is 23.2. The molecular formula is C27H39F3N6O3. The Bertz CT molecular complexity index is 1080. The molecule has 1 amide bonds. The van der Waals surface area contributed by atoms with E-state index < -0.39 is 17.6 Å². The third-order valence-corrected chi connectivity index (χ3v) is 8.27. The van der Waals surface area contributed by atoms with E-state index >= 15 is 0 Å². The van der Waals surface area contributed by atoms with Crippen molar-refractivity contribution in [2.24, 2.45) is 5.41 Å². The van der Waals surface area contributed by atoms with Crippen LogP contribution in [0, 0.1) is 5.41 Å². The van der Waals surface area contributed by atoms with Gasteiger partial charge in [-0.1, -0.05) is 12.2 Å². The first-order valence-electron chi connectivity index (χ1n) is 13.8. The Labute approximate surface area is 227 Å². The average molecular weight is 553 g/mol. The van der Waals surface area contributed by atoms with Gasteiger partial charge in [0.15, 0.2) is 0 Å². The average Bonchev–Trinajstić information content (AvgIpc) is 2.87. The summed E-state index contributed by atoms with van der Waals surface area (Å²) in [6, 6.07) is 1.86. The van der Waals surface area contributed by atoms with E-state index in [2.05, 4.69) is 20.9 Å². The van der Waals surface area contributed by atoms with Gasteiger partial charge in [0, 0.05) is 69.4 Å². The molecule has 3 fully saturated rings. The molecule has 0 radical (unpaired) electrons. The third-order valence-electron chi connectivity index (χ3n) is 8.27. The fraction of sp³-hybridized carbons (Fsp3) is 0.741. The summed E-state index contributed by atoms with van der Waals surface area (Å²) in [6.07, 6.45) is 0.906. The quantitative estimate of drug-likeness (QED) is 0.525. The third kappa shape index (κ3) is 6.11. The normalized spacial score (nSPS) is 26.1. The number of hydrogen-bond donors (Lipinski definition) is 0. The Morgan fingerprint density at radius 1 is 1.05 bits per heavy atom. The van der Waals surface area contributed by atoms with Crippen LogP contribution in [0.3, 0.4) is 0 Å². The van der Waals surface area contributed by atoms with E-state index in [4.69, 9.17) is 9.47 Å². The van der Waals surface area contributed by atoms with Crippen molar-refractivity contribution in [1.29, 1.82) is 0 Å². The van der Waals surface area contributed by atoms with Gasteiger partial charge in [-0.15, -0.1) is 0 Å². The summed E-state index contributed by atoms with van der Waals surface area (Å²) in [5.74, 6) is -0.466. The first kappa shape index (κ1) is 27.9. The van der Waals surface area contributed by atoms with Crippen LogP contribution in [0.2, 0.25) is 0 Å². The number of piperazine rings is 1. The Hall–Kier alpha value is -2.60. The van der Waals surface area contributed by atoms with Gasteiger partial charge in [-0.05, 0) is 40.5 Å². The van der Waals surface area contributed by atoms with Crippen LogP contribution < -0.4 is 9.80 Å². The molecule has 4 aliphatic heterocycles. The van der Waals surface area contributed by atoms with Crippen LogP contribution in [0.5, 0.6) is 0 Å². The molecule has 5 heterocycles. The molecular weight excluding hydrogens is 513 g/mol. The molecule has 1 aromatic heterocycles. The lowest BCUT2D eigenvalue weighted by Crippen LogP contribution is -2.68. The van der Waals surface area contributed by atoms with Crippen molar-refractivity contribution in [2.75, 3.05) is 68.8 Å². The minimum Gasteiger partial charge on any atom is -0.444 e. The first-order valence-corrected chi connectivity index (χ1v) is 13.8. The summed E-state index contributed by atoms with van der Waals surface area (Å²) in [6.45, 7) is 13.1. The van der Waals surface area contributed by atoms with E-state index in [1.54, 1.807) is 11.0 Å². The molecule has 12 heteroatoms. The number of alkyl halides is 3. The zero-order chi connectivity index (χ0) is 28.0. The number of amides is 1. The van der Waals surface area contributed by atoms with Crippen molar-refractivity contribution in [3.63, 3.8) is 0 Å². The molecule has 3 saturated heterocycles. The number of halogens is 3. The minimum atomic E-state index is -4.63. The molecule has 0 aliphatic carbocycles. The molecule has 0 unspecified atom stereocenters. The van der Waals surface area contributed by atoms with E-state index in [0.717, 1.165) is 12.8 Å². The summed E-state index contributed by atoms with van der Waals surface area (Å²) in [5.41, 5.74) is -0.579. The van der Waals surface area contributed by atoms with E-state index in [9.17, 15) is 18.0 Å². The molecule has 0 aromatic carbocycles. The molecule has 1 spiro atoms. The van der Waals surface area contributed by atoms with Gasteiger partial charge in [0.2, 0.25) is 5.82 Å². The summed E-state index contributed by atoms with van der Waals surface area (Å²) < 4.78 is 52.6. The van der Waals surface area contributed by atoms with Crippen molar-refractivity contribution >= 4 is 17.7 Å². The lowest BCUT2D eigenvalue weighted by Gasteiger charge is -2.53. The predicted molar refractivity (Wildman–Crippen MR) is 141 cm³/mol. The first-order chi connectivity index (χ1) is 18.3. The number of anilines is 2. The molecule has 0 bridgehead atoms. The molecule has 0 N–H and O–H groups in total. The highest BCUT2D eigenvalue weighted by Gasteiger charge is 2.44. The van der Waals surface area contributed by atoms with E-state index in [1.165, 1.54) is 0 Å². The van der Waals surface area contributed by atoms with Crippen LogP contribution in [-0.2, 0) is 15.7 Å². The molecule has 2 atom stereocenters. The van der Waals surface area contributed by atoms with E-state index in [-0.39, 0.29) is 23.6 Å². The molecule has 4 aliphatic rings. The van der Waals surface area contributed by atoms with Crippen molar-refractivity contribution in [1.82, 2.24) is 19.8 Å². The summed E-state index contributed by atoms with van der Waals surface area (Å²) in [5, 5.41) is 0. The summed E-state index contributed by atoms with van der Waals surface area (Å²) in [7, 11) is 0. The van der Waals surface area contributed by atoms with Gasteiger partial charge in [0.1, 0.15) is 17.2 Å². The van der Waals surface area contributed by atoms with Crippen LogP contribution >= 0.6 is 0 Å². The summed E-state index contributed by atoms with van der Waals surface area (Å²) >= 11 is 0. The monoisotopic (exact) mass is 552 g/mol. The highest BCUT2D eigenvalue weighted by Crippen LogP contribution is 2.39. The van der Waals surface area contributed by atoms with Crippen LogP contribution in [0.15, 0.2) is 18.2 Å². The molecule has 9 nitrogen and oxygen atoms in total. The second-order valence-corrected chi connectivity index (χ2v) is 12.1. The maximum absolute atomic E-state index is 13.8. The Kier molecular flexibility index (Phi) is 7.47. The van der Waals surface area contributed by atoms with Gasteiger partial charge in [-0.25, -0.2) is 14.8 Å². The van der Waals surface area contributed by atoms with Crippen LogP contribution in [0.4, 0.5) is 29.6 Å². The Morgan fingerprint density at radius 2 is 1.72 bits per heavy atom. The highest BCUT2D eigenvalue weighted by atomic mass is 19.4. The SMILES string of the molecule is C[C@@H]1[C@H](N2CCN(C(=O)OC(C)(C)C)CC2)CN1c1cc(N2CCC3(C=CCOC3)CC2)nc(C(F)(F)F)n1. The predicted octanol–water partition coefficient (Wildman–Crippen LogP) is 3.80. The van der Waals surface area contributed by atoms with Gasteiger partial charge >= 0.3 is 12.3 Å². The van der Waals surface area contributed by atoms with Crippen LogP contribution in [0.1, 0.15) is 46.4 Å². The van der Waals surface area contributed by atoms with Gasteiger partial charge in [-0.3, -0.25) is 4.90 Å². The van der Waals surface area contributed by atoms with Crippen molar-refractivity contribution in [2.45, 2.75) is 64.4 Å². The number of piperidine rings is 1. The van der Waals surface area contributed by atoms with Crippen molar-refractivity contribution in [3.05, 3.63) is 24.0 Å². The van der Waals surface area contributed by atoms with Gasteiger partial charge in [-0.2, -0.15) is 13.2 Å².